The van der Waals surface area contributed by atoms with Gasteiger partial charge in [-0.25, -0.2) is 0 Å². The monoisotopic (exact) mass is 296 g/mol. The van der Waals surface area contributed by atoms with Gasteiger partial charge in [-0.15, -0.1) is 0 Å². The van der Waals surface area contributed by atoms with Crippen LogP contribution in [-0.4, -0.2) is 46.3 Å². The zero-order chi connectivity index (χ0) is 14.1. The number of hydrogen-bond acceptors (Lipinski definition) is 3. The fourth-order valence-corrected chi connectivity index (χ4v) is 4.83. The number of nitrogens with one attached hydrogen (secondary N) is 1. The normalized spacial score (nSPS) is 35.0. The van der Waals surface area contributed by atoms with E-state index in [0.29, 0.717) is 30.2 Å². The van der Waals surface area contributed by atoms with Crippen molar-refractivity contribution in [3.63, 3.8) is 0 Å². The molecule has 3 unspecified atom stereocenters. The minimum Gasteiger partial charge on any atom is -0.344 e. The van der Waals surface area contributed by atoms with E-state index in [4.69, 9.17) is 0 Å². The molecule has 112 valence electrons. The lowest BCUT2D eigenvalue weighted by Crippen LogP contribution is -2.51. The third-order valence-electron chi connectivity index (χ3n) is 4.74. The maximum atomic E-state index is 12.8. The lowest BCUT2D eigenvalue weighted by Gasteiger charge is -2.33. The number of rotatable bonds is 4. The predicted molar refractivity (Wildman–Crippen MR) is 80.5 cm³/mol. The number of carbonyl (C=O) groups is 2. The summed E-state index contributed by atoms with van der Waals surface area (Å²) in [6.07, 6.45) is 6.17. The molecule has 0 spiro atoms. The number of thioether (sulfide) groups is 1. The van der Waals surface area contributed by atoms with Gasteiger partial charge < -0.3 is 10.2 Å². The van der Waals surface area contributed by atoms with Gasteiger partial charge in [0.2, 0.25) is 11.8 Å². The van der Waals surface area contributed by atoms with Gasteiger partial charge in [0, 0.05) is 24.3 Å². The highest BCUT2D eigenvalue weighted by molar-refractivity contribution is 7.99. The summed E-state index contributed by atoms with van der Waals surface area (Å²) >= 11 is 1.98. The summed E-state index contributed by atoms with van der Waals surface area (Å²) < 4.78 is 0. The predicted octanol–water partition coefficient (Wildman–Crippen LogP) is 1.79. The van der Waals surface area contributed by atoms with Gasteiger partial charge in [-0.1, -0.05) is 13.3 Å². The summed E-state index contributed by atoms with van der Waals surface area (Å²) in [5, 5.41) is 3.52. The average molecular weight is 296 g/mol. The van der Waals surface area contributed by atoms with Crippen molar-refractivity contribution in [1.82, 2.24) is 10.2 Å². The SMILES string of the molecule is CCSC1CCCC1N1CCC(=O)NC(C2CC2)C1=O. The van der Waals surface area contributed by atoms with Gasteiger partial charge in [0.25, 0.3) is 0 Å². The van der Waals surface area contributed by atoms with Crippen LogP contribution < -0.4 is 5.32 Å². The van der Waals surface area contributed by atoms with Crippen molar-refractivity contribution in [2.24, 2.45) is 5.92 Å². The maximum Gasteiger partial charge on any atom is 0.245 e. The molecule has 1 saturated heterocycles. The largest absolute Gasteiger partial charge is 0.344 e. The van der Waals surface area contributed by atoms with E-state index in [2.05, 4.69) is 12.2 Å². The van der Waals surface area contributed by atoms with Crippen LogP contribution in [0.2, 0.25) is 0 Å². The van der Waals surface area contributed by atoms with Crippen LogP contribution in [0.5, 0.6) is 0 Å². The highest BCUT2D eigenvalue weighted by Gasteiger charge is 2.44. The van der Waals surface area contributed by atoms with E-state index in [1.807, 2.05) is 16.7 Å². The summed E-state index contributed by atoms with van der Waals surface area (Å²) in [4.78, 5) is 26.7. The standard InChI is InChI=1S/C15H24N2O2S/c1-2-20-12-5-3-4-11(12)17-9-8-13(18)16-14(15(17)19)10-6-7-10/h10-12,14H,2-9H2,1H3,(H,16,18). The number of carbonyl (C=O) groups excluding carboxylic acids is 2. The third kappa shape index (κ3) is 2.83. The first-order valence-corrected chi connectivity index (χ1v) is 8.97. The Morgan fingerprint density at radius 2 is 2.05 bits per heavy atom. The number of amides is 2. The molecule has 20 heavy (non-hydrogen) atoms. The van der Waals surface area contributed by atoms with Gasteiger partial charge in [-0.05, 0) is 37.4 Å². The molecule has 0 aromatic heterocycles. The van der Waals surface area contributed by atoms with Crippen molar-refractivity contribution in [2.45, 2.75) is 62.8 Å². The zero-order valence-electron chi connectivity index (χ0n) is 12.1. The van der Waals surface area contributed by atoms with Crippen LogP contribution in [0.15, 0.2) is 0 Å². The van der Waals surface area contributed by atoms with Crippen molar-refractivity contribution in [3.05, 3.63) is 0 Å². The molecule has 1 heterocycles. The molecule has 3 atom stereocenters. The van der Waals surface area contributed by atoms with Crippen LogP contribution in [0.4, 0.5) is 0 Å². The van der Waals surface area contributed by atoms with Gasteiger partial charge in [-0.2, -0.15) is 11.8 Å². The second-order valence-electron chi connectivity index (χ2n) is 6.16. The molecule has 3 aliphatic rings. The Hall–Kier alpha value is -0.710. The lowest BCUT2D eigenvalue weighted by molar-refractivity contribution is -0.136. The molecule has 0 radical (unpaired) electrons. The van der Waals surface area contributed by atoms with E-state index < -0.39 is 0 Å². The van der Waals surface area contributed by atoms with Gasteiger partial charge >= 0.3 is 0 Å². The van der Waals surface area contributed by atoms with Crippen molar-refractivity contribution in [2.75, 3.05) is 12.3 Å². The van der Waals surface area contributed by atoms with Gasteiger partial charge in [-0.3, -0.25) is 9.59 Å². The molecular weight excluding hydrogens is 272 g/mol. The van der Waals surface area contributed by atoms with Crippen LogP contribution in [0.25, 0.3) is 0 Å². The Labute approximate surface area is 125 Å². The Morgan fingerprint density at radius 1 is 1.25 bits per heavy atom. The van der Waals surface area contributed by atoms with Gasteiger partial charge in [0.1, 0.15) is 6.04 Å². The smallest absolute Gasteiger partial charge is 0.245 e. The Morgan fingerprint density at radius 3 is 2.75 bits per heavy atom. The fourth-order valence-electron chi connectivity index (χ4n) is 3.57. The summed E-state index contributed by atoms with van der Waals surface area (Å²) in [5.74, 6) is 1.74. The van der Waals surface area contributed by atoms with E-state index >= 15 is 0 Å². The molecule has 2 aliphatic carbocycles. The molecular formula is C15H24N2O2S. The third-order valence-corrected chi connectivity index (χ3v) is 6.05. The molecule has 5 heteroatoms. The van der Waals surface area contributed by atoms with E-state index in [1.54, 1.807) is 0 Å². The van der Waals surface area contributed by atoms with Gasteiger partial charge in [0.05, 0.1) is 0 Å². The van der Waals surface area contributed by atoms with Crippen molar-refractivity contribution >= 4 is 23.6 Å². The molecule has 2 saturated carbocycles. The quantitative estimate of drug-likeness (QED) is 0.860. The molecule has 2 amide bonds. The van der Waals surface area contributed by atoms with E-state index in [-0.39, 0.29) is 17.9 Å². The van der Waals surface area contributed by atoms with Crippen molar-refractivity contribution in [3.8, 4) is 0 Å². The first-order chi connectivity index (χ1) is 9.70. The van der Waals surface area contributed by atoms with Crippen molar-refractivity contribution in [1.29, 1.82) is 0 Å². The Bertz CT molecular complexity index is 397. The first kappa shape index (κ1) is 14.2. The highest BCUT2D eigenvalue weighted by Crippen LogP contribution is 2.38. The minimum absolute atomic E-state index is 0.0513. The average Bonchev–Trinajstić information content (AvgIpc) is 3.19. The Balaban J connectivity index is 1.76. The second kappa shape index (κ2) is 5.96. The highest BCUT2D eigenvalue weighted by atomic mass is 32.2. The van der Waals surface area contributed by atoms with Crippen molar-refractivity contribution < 1.29 is 9.59 Å². The number of hydrogen-bond donors (Lipinski definition) is 1. The molecule has 4 nitrogen and oxygen atoms in total. The van der Waals surface area contributed by atoms with Crippen LogP contribution in [0, 0.1) is 5.92 Å². The summed E-state index contributed by atoms with van der Waals surface area (Å²) in [7, 11) is 0. The van der Waals surface area contributed by atoms with E-state index in [0.717, 1.165) is 25.0 Å². The topological polar surface area (TPSA) is 49.4 Å². The maximum absolute atomic E-state index is 12.8. The lowest BCUT2D eigenvalue weighted by atomic mass is 10.1. The summed E-state index contributed by atoms with van der Waals surface area (Å²) in [6, 6.07) is 0.110. The summed E-state index contributed by atoms with van der Waals surface area (Å²) in [6.45, 7) is 2.79. The fraction of sp³-hybridized carbons (Fsp3) is 0.867. The van der Waals surface area contributed by atoms with Crippen LogP contribution in [0.1, 0.15) is 45.4 Å². The minimum atomic E-state index is -0.238. The van der Waals surface area contributed by atoms with Crippen LogP contribution >= 0.6 is 11.8 Å². The Kier molecular flexibility index (Phi) is 4.24. The molecule has 0 bridgehead atoms. The van der Waals surface area contributed by atoms with Gasteiger partial charge in [0.15, 0.2) is 0 Å². The van der Waals surface area contributed by atoms with E-state index in [9.17, 15) is 9.59 Å². The first-order valence-electron chi connectivity index (χ1n) is 7.92. The molecule has 0 aromatic rings. The van der Waals surface area contributed by atoms with E-state index in [1.165, 1.54) is 12.8 Å². The second-order valence-corrected chi connectivity index (χ2v) is 7.67. The van der Waals surface area contributed by atoms with Crippen LogP contribution in [0.3, 0.4) is 0 Å². The molecule has 3 fully saturated rings. The number of nitrogens with zero attached hydrogens (tertiary/aromatic N) is 1. The molecule has 3 rings (SSSR count). The summed E-state index contributed by atoms with van der Waals surface area (Å²) in [5.41, 5.74) is 0. The molecule has 0 aromatic carbocycles. The zero-order valence-corrected chi connectivity index (χ0v) is 13.0. The molecule has 1 aliphatic heterocycles. The molecule has 1 N–H and O–H groups in total. The van der Waals surface area contributed by atoms with Crippen LogP contribution in [-0.2, 0) is 9.59 Å².